The Labute approximate surface area is 102 Å². The zero-order valence-electron chi connectivity index (χ0n) is 10.2. The summed E-state index contributed by atoms with van der Waals surface area (Å²) in [7, 11) is -3.45. The van der Waals surface area contributed by atoms with Gasteiger partial charge >= 0.3 is 0 Å². The number of nitrogen functional groups attached to an aromatic ring is 1. The molecule has 0 bridgehead atoms. The van der Waals surface area contributed by atoms with Crippen LogP contribution in [0.15, 0.2) is 23.1 Å². The van der Waals surface area contributed by atoms with Gasteiger partial charge in [0.1, 0.15) is 0 Å². The highest BCUT2D eigenvalue weighted by Gasteiger charge is 2.41. The zero-order valence-corrected chi connectivity index (χ0v) is 11.0. The van der Waals surface area contributed by atoms with Crippen LogP contribution in [0.4, 0.5) is 5.69 Å². The third-order valence-electron chi connectivity index (χ3n) is 3.14. The van der Waals surface area contributed by atoms with Gasteiger partial charge in [0.2, 0.25) is 10.0 Å². The van der Waals surface area contributed by atoms with Gasteiger partial charge in [-0.3, -0.25) is 0 Å². The Bertz CT molecular complexity index is 533. The molecule has 3 N–H and O–H groups in total. The van der Waals surface area contributed by atoms with Crippen molar-refractivity contribution < 1.29 is 8.42 Å². The first-order valence-electron chi connectivity index (χ1n) is 5.79. The van der Waals surface area contributed by atoms with Crippen LogP contribution in [0.1, 0.15) is 32.3 Å². The molecule has 1 aliphatic rings. The summed E-state index contributed by atoms with van der Waals surface area (Å²) in [6, 6.07) is 5.04. The normalized spacial score (nSPS) is 18.0. The van der Waals surface area contributed by atoms with E-state index < -0.39 is 10.0 Å². The van der Waals surface area contributed by atoms with E-state index in [-0.39, 0.29) is 5.54 Å². The van der Waals surface area contributed by atoms with E-state index in [1.165, 1.54) is 6.07 Å². The largest absolute Gasteiger partial charge is 0.399 e. The SMILES string of the molecule is CCc1ccc(N)cc1S(=O)(=O)NC1(C)CC1. The summed E-state index contributed by atoms with van der Waals surface area (Å²) in [5.74, 6) is 0. The molecule has 0 atom stereocenters. The van der Waals surface area contributed by atoms with Gasteiger partial charge in [0.25, 0.3) is 0 Å². The lowest BCUT2D eigenvalue weighted by Crippen LogP contribution is -2.34. The predicted octanol–water partition coefficient (Wildman–Crippen LogP) is 1.66. The number of nitrogens with two attached hydrogens (primary N) is 1. The molecule has 17 heavy (non-hydrogen) atoms. The van der Waals surface area contributed by atoms with Crippen molar-refractivity contribution in [3.63, 3.8) is 0 Å². The van der Waals surface area contributed by atoms with E-state index in [9.17, 15) is 8.42 Å². The van der Waals surface area contributed by atoms with Crippen LogP contribution in [0.25, 0.3) is 0 Å². The fourth-order valence-corrected chi connectivity index (χ4v) is 3.59. The summed E-state index contributed by atoms with van der Waals surface area (Å²) in [5, 5.41) is 0. The van der Waals surface area contributed by atoms with E-state index in [2.05, 4.69) is 4.72 Å². The molecule has 1 saturated carbocycles. The number of nitrogens with one attached hydrogen (secondary N) is 1. The van der Waals surface area contributed by atoms with Crippen molar-refractivity contribution in [2.45, 2.75) is 43.5 Å². The average molecular weight is 254 g/mol. The minimum Gasteiger partial charge on any atom is -0.399 e. The summed E-state index contributed by atoms with van der Waals surface area (Å²) in [5.41, 5.74) is 6.69. The fraction of sp³-hybridized carbons (Fsp3) is 0.500. The molecule has 0 saturated heterocycles. The van der Waals surface area contributed by atoms with Crippen molar-refractivity contribution in [1.29, 1.82) is 0 Å². The molecule has 1 aromatic carbocycles. The van der Waals surface area contributed by atoms with Crippen molar-refractivity contribution in [2.75, 3.05) is 5.73 Å². The zero-order chi connectivity index (χ0) is 12.7. The van der Waals surface area contributed by atoms with E-state index in [4.69, 9.17) is 5.73 Å². The number of hydrogen-bond donors (Lipinski definition) is 2. The van der Waals surface area contributed by atoms with Crippen molar-refractivity contribution in [3.8, 4) is 0 Å². The number of hydrogen-bond acceptors (Lipinski definition) is 3. The van der Waals surface area contributed by atoms with Gasteiger partial charge in [-0.05, 0) is 43.9 Å². The number of anilines is 1. The molecular formula is C12H18N2O2S. The molecule has 94 valence electrons. The number of benzene rings is 1. The highest BCUT2D eigenvalue weighted by atomic mass is 32.2. The number of rotatable bonds is 4. The molecule has 0 unspecified atom stereocenters. The second-order valence-electron chi connectivity index (χ2n) is 4.89. The molecule has 4 nitrogen and oxygen atoms in total. The van der Waals surface area contributed by atoms with Gasteiger partial charge in [-0.15, -0.1) is 0 Å². The van der Waals surface area contributed by atoms with Gasteiger partial charge in [-0.2, -0.15) is 0 Å². The smallest absolute Gasteiger partial charge is 0.241 e. The third-order valence-corrected chi connectivity index (χ3v) is 4.86. The quantitative estimate of drug-likeness (QED) is 0.803. The Morgan fingerprint density at radius 3 is 2.59 bits per heavy atom. The van der Waals surface area contributed by atoms with Crippen molar-refractivity contribution in [1.82, 2.24) is 4.72 Å². The lowest BCUT2D eigenvalue weighted by molar-refractivity contribution is 0.557. The van der Waals surface area contributed by atoms with E-state index in [0.717, 1.165) is 18.4 Å². The molecule has 0 heterocycles. The van der Waals surface area contributed by atoms with Gasteiger partial charge in [0.05, 0.1) is 4.90 Å². The van der Waals surface area contributed by atoms with E-state index in [0.29, 0.717) is 17.0 Å². The maximum atomic E-state index is 12.3. The molecule has 0 spiro atoms. The lowest BCUT2D eigenvalue weighted by Gasteiger charge is -2.15. The van der Waals surface area contributed by atoms with Gasteiger partial charge in [0.15, 0.2) is 0 Å². The molecule has 0 radical (unpaired) electrons. The molecule has 0 aromatic heterocycles. The Balaban J connectivity index is 2.41. The maximum Gasteiger partial charge on any atom is 0.241 e. The highest BCUT2D eigenvalue weighted by molar-refractivity contribution is 7.89. The lowest BCUT2D eigenvalue weighted by atomic mass is 10.1. The minimum absolute atomic E-state index is 0.256. The van der Waals surface area contributed by atoms with Gasteiger partial charge in [-0.1, -0.05) is 13.0 Å². The summed E-state index contributed by atoms with van der Waals surface area (Å²) >= 11 is 0. The average Bonchev–Trinajstić information content (AvgIpc) is 2.95. The first-order chi connectivity index (χ1) is 7.86. The second kappa shape index (κ2) is 3.99. The highest BCUT2D eigenvalue weighted by Crippen LogP contribution is 2.36. The molecule has 1 aromatic rings. The van der Waals surface area contributed by atoms with Crippen LogP contribution in [0.5, 0.6) is 0 Å². The monoisotopic (exact) mass is 254 g/mol. The van der Waals surface area contributed by atoms with Crippen LogP contribution >= 0.6 is 0 Å². The fourth-order valence-electron chi connectivity index (χ4n) is 1.78. The summed E-state index contributed by atoms with van der Waals surface area (Å²) < 4.78 is 27.2. The molecular weight excluding hydrogens is 236 g/mol. The molecule has 1 fully saturated rings. The van der Waals surface area contributed by atoms with E-state index >= 15 is 0 Å². The van der Waals surface area contributed by atoms with Crippen molar-refractivity contribution >= 4 is 15.7 Å². The molecule has 1 aliphatic carbocycles. The standard InChI is InChI=1S/C12H18N2O2S/c1-3-9-4-5-10(13)8-11(9)17(15,16)14-12(2)6-7-12/h4-5,8,14H,3,6-7,13H2,1-2H3. The molecule has 0 amide bonds. The number of aryl methyl sites for hydroxylation is 1. The molecule has 0 aliphatic heterocycles. The first-order valence-corrected chi connectivity index (χ1v) is 7.27. The summed E-state index contributed by atoms with van der Waals surface area (Å²) in [6.07, 6.45) is 2.47. The predicted molar refractivity (Wildman–Crippen MR) is 68.2 cm³/mol. The summed E-state index contributed by atoms with van der Waals surface area (Å²) in [6.45, 7) is 3.85. The Morgan fingerprint density at radius 1 is 1.41 bits per heavy atom. The number of sulfonamides is 1. The van der Waals surface area contributed by atoms with Crippen molar-refractivity contribution in [2.24, 2.45) is 0 Å². The minimum atomic E-state index is -3.45. The van der Waals surface area contributed by atoms with Crippen LogP contribution in [-0.4, -0.2) is 14.0 Å². The van der Waals surface area contributed by atoms with Crippen LogP contribution in [0.3, 0.4) is 0 Å². The molecule has 2 rings (SSSR count). The maximum absolute atomic E-state index is 12.3. The van der Waals surface area contributed by atoms with E-state index in [1.54, 1.807) is 12.1 Å². The summed E-state index contributed by atoms with van der Waals surface area (Å²) in [4.78, 5) is 0.313. The van der Waals surface area contributed by atoms with Crippen LogP contribution in [0.2, 0.25) is 0 Å². The van der Waals surface area contributed by atoms with Crippen LogP contribution in [-0.2, 0) is 16.4 Å². The van der Waals surface area contributed by atoms with Gasteiger partial charge in [-0.25, -0.2) is 13.1 Å². The second-order valence-corrected chi connectivity index (χ2v) is 6.54. The topological polar surface area (TPSA) is 72.2 Å². The third kappa shape index (κ3) is 2.61. The Hall–Kier alpha value is -1.07. The van der Waals surface area contributed by atoms with Crippen molar-refractivity contribution in [3.05, 3.63) is 23.8 Å². The first kappa shape index (κ1) is 12.4. The van der Waals surface area contributed by atoms with Gasteiger partial charge in [0, 0.05) is 11.2 Å². The van der Waals surface area contributed by atoms with Crippen LogP contribution < -0.4 is 10.5 Å². The Kier molecular flexibility index (Phi) is 2.91. The van der Waals surface area contributed by atoms with E-state index in [1.807, 2.05) is 13.8 Å². The Morgan fingerprint density at radius 2 is 2.06 bits per heavy atom. The molecule has 5 heteroatoms. The van der Waals surface area contributed by atoms with Crippen LogP contribution in [0, 0.1) is 0 Å². The van der Waals surface area contributed by atoms with Gasteiger partial charge < -0.3 is 5.73 Å².